The van der Waals surface area contributed by atoms with Crippen LogP contribution in [0.4, 0.5) is 11.4 Å². The first-order chi connectivity index (χ1) is 16.7. The molecule has 0 atom stereocenters. The average Bonchev–Trinajstić information content (AvgIpc) is 3.14. The van der Waals surface area contributed by atoms with Gasteiger partial charge in [0.15, 0.2) is 0 Å². The fourth-order valence-corrected chi connectivity index (χ4v) is 3.62. The van der Waals surface area contributed by atoms with Crippen molar-refractivity contribution in [2.75, 3.05) is 31.4 Å². The van der Waals surface area contributed by atoms with Crippen LogP contribution in [0.25, 0.3) is 0 Å². The second-order valence-electron chi connectivity index (χ2n) is 8.23. The average molecular weight is 477 g/mol. The van der Waals surface area contributed by atoms with E-state index in [1.807, 2.05) is 62.6 Å². The number of aryl methyl sites for hydroxylation is 2. The Labute approximate surface area is 205 Å². The molecule has 0 saturated heterocycles. The van der Waals surface area contributed by atoms with Crippen LogP contribution >= 0.6 is 0 Å². The summed E-state index contributed by atoms with van der Waals surface area (Å²) in [6.45, 7) is 7.08. The minimum absolute atomic E-state index is 0.260. The van der Waals surface area contributed by atoms with Crippen LogP contribution in [0.2, 0.25) is 0 Å². The van der Waals surface area contributed by atoms with E-state index in [1.165, 1.54) is 7.11 Å². The van der Waals surface area contributed by atoms with Gasteiger partial charge in [-0.05, 0) is 57.2 Å². The number of ether oxygens (including phenoxy) is 1. The number of nitrogens with one attached hydrogen (secondary N) is 2. The molecule has 0 saturated carbocycles. The van der Waals surface area contributed by atoms with Gasteiger partial charge in [-0.25, -0.2) is 9.79 Å². The summed E-state index contributed by atoms with van der Waals surface area (Å²) in [4.78, 5) is 31.7. The molecule has 9 heteroatoms. The van der Waals surface area contributed by atoms with Crippen LogP contribution in [0.3, 0.4) is 0 Å². The van der Waals surface area contributed by atoms with Gasteiger partial charge in [-0.15, -0.1) is 0 Å². The van der Waals surface area contributed by atoms with Gasteiger partial charge in [0, 0.05) is 48.8 Å². The molecule has 0 aliphatic carbocycles. The number of amides is 1. The third kappa shape index (κ3) is 6.26. The number of esters is 1. The number of rotatable bonds is 7. The molecule has 0 aliphatic rings. The van der Waals surface area contributed by atoms with Gasteiger partial charge in [-0.3, -0.25) is 14.8 Å². The van der Waals surface area contributed by atoms with E-state index in [9.17, 15) is 9.59 Å². The summed E-state index contributed by atoms with van der Waals surface area (Å²) in [5.74, 6) is -0.494. The Morgan fingerprint density at radius 1 is 1.09 bits per heavy atom. The van der Waals surface area contributed by atoms with Crippen molar-refractivity contribution >= 4 is 29.2 Å². The zero-order valence-corrected chi connectivity index (χ0v) is 21.0. The number of aromatic nitrogens is 2. The maximum absolute atomic E-state index is 13.1. The Kier molecular flexibility index (Phi) is 8.25. The highest BCUT2D eigenvalue weighted by molar-refractivity contribution is 6.10. The van der Waals surface area contributed by atoms with Gasteiger partial charge >= 0.3 is 5.97 Å². The van der Waals surface area contributed by atoms with E-state index in [-0.39, 0.29) is 11.9 Å². The predicted octanol–water partition coefficient (Wildman–Crippen LogP) is 3.77. The van der Waals surface area contributed by atoms with Crippen molar-refractivity contribution in [3.05, 3.63) is 76.6 Å². The third-order valence-corrected chi connectivity index (χ3v) is 5.63. The maximum atomic E-state index is 13.1. The van der Waals surface area contributed by atoms with Crippen LogP contribution < -0.4 is 15.5 Å². The molecule has 35 heavy (non-hydrogen) atoms. The SMILES string of the molecule is CCn1nc(C)c(CN=C(NC(=O)c2cccc(N(C)C)c2)Nc2cccc(C(=O)OC)c2)c1C. The molecular formula is C26H32N6O3. The number of carbonyl (C=O) groups is 2. The van der Waals surface area contributed by atoms with Crippen molar-refractivity contribution in [2.24, 2.45) is 4.99 Å². The van der Waals surface area contributed by atoms with Gasteiger partial charge in [-0.1, -0.05) is 12.1 Å². The predicted molar refractivity (Wildman–Crippen MR) is 138 cm³/mol. The lowest BCUT2D eigenvalue weighted by Crippen LogP contribution is -2.36. The van der Waals surface area contributed by atoms with E-state index in [0.717, 1.165) is 29.2 Å². The zero-order chi connectivity index (χ0) is 25.5. The third-order valence-electron chi connectivity index (χ3n) is 5.63. The molecule has 1 amide bonds. The van der Waals surface area contributed by atoms with E-state index in [1.54, 1.807) is 30.3 Å². The number of aliphatic imine (C=N–C) groups is 1. The standard InChI is InChI=1S/C26H32N6O3/c1-7-32-18(3)23(17(2)30-32)16-27-26(28-21-12-8-11-20(14-21)25(34)35-6)29-24(33)19-10-9-13-22(15-19)31(4)5/h8-15H,7,16H2,1-6H3,(H2,27,28,29,33). The molecule has 0 spiro atoms. The molecule has 0 radical (unpaired) electrons. The lowest BCUT2D eigenvalue weighted by molar-refractivity contribution is 0.0600. The van der Waals surface area contributed by atoms with Crippen molar-refractivity contribution in [3.63, 3.8) is 0 Å². The van der Waals surface area contributed by atoms with Crippen LogP contribution in [0.5, 0.6) is 0 Å². The minimum Gasteiger partial charge on any atom is -0.465 e. The smallest absolute Gasteiger partial charge is 0.337 e. The Morgan fingerprint density at radius 2 is 1.80 bits per heavy atom. The van der Waals surface area contributed by atoms with E-state index >= 15 is 0 Å². The zero-order valence-electron chi connectivity index (χ0n) is 21.0. The molecule has 0 bridgehead atoms. The molecule has 0 aliphatic heterocycles. The Morgan fingerprint density at radius 3 is 2.46 bits per heavy atom. The molecule has 3 aromatic rings. The molecule has 0 fully saturated rings. The molecular weight excluding hydrogens is 444 g/mol. The maximum Gasteiger partial charge on any atom is 0.337 e. The number of benzene rings is 2. The number of anilines is 2. The summed E-state index contributed by atoms with van der Waals surface area (Å²) in [5.41, 5.74) is 5.31. The summed E-state index contributed by atoms with van der Waals surface area (Å²) in [7, 11) is 5.17. The van der Waals surface area contributed by atoms with E-state index in [4.69, 9.17) is 4.74 Å². The van der Waals surface area contributed by atoms with Gasteiger partial charge in [0.2, 0.25) is 5.96 Å². The monoisotopic (exact) mass is 476 g/mol. The molecule has 3 rings (SSSR count). The first-order valence-corrected chi connectivity index (χ1v) is 11.3. The van der Waals surface area contributed by atoms with Crippen LogP contribution in [0.15, 0.2) is 53.5 Å². The number of hydrogen-bond donors (Lipinski definition) is 2. The van der Waals surface area contributed by atoms with E-state index in [0.29, 0.717) is 23.4 Å². The van der Waals surface area contributed by atoms with Crippen LogP contribution in [-0.2, 0) is 17.8 Å². The van der Waals surface area contributed by atoms with Gasteiger partial charge in [-0.2, -0.15) is 5.10 Å². The number of nitrogens with zero attached hydrogens (tertiary/aromatic N) is 4. The van der Waals surface area contributed by atoms with Crippen molar-refractivity contribution in [2.45, 2.75) is 33.9 Å². The molecule has 9 nitrogen and oxygen atoms in total. The summed E-state index contributed by atoms with van der Waals surface area (Å²) < 4.78 is 6.74. The van der Waals surface area contributed by atoms with Crippen LogP contribution in [0, 0.1) is 13.8 Å². The summed E-state index contributed by atoms with van der Waals surface area (Å²) in [6, 6.07) is 14.1. The van der Waals surface area contributed by atoms with Crippen LogP contribution in [0.1, 0.15) is 44.6 Å². The number of hydrogen-bond acceptors (Lipinski definition) is 6. The van der Waals surface area contributed by atoms with Crippen molar-refractivity contribution < 1.29 is 14.3 Å². The lowest BCUT2D eigenvalue weighted by atomic mass is 10.2. The second kappa shape index (κ2) is 11.3. The minimum atomic E-state index is -0.449. The molecule has 184 valence electrons. The van der Waals surface area contributed by atoms with Gasteiger partial charge in [0.05, 0.1) is 24.9 Å². The quantitative estimate of drug-likeness (QED) is 0.306. The number of methoxy groups -OCH3 is 1. The van der Waals surface area contributed by atoms with Crippen LogP contribution in [-0.4, -0.2) is 48.8 Å². The van der Waals surface area contributed by atoms with Gasteiger partial charge in [0.1, 0.15) is 0 Å². The van der Waals surface area contributed by atoms with Crippen molar-refractivity contribution in [1.29, 1.82) is 0 Å². The Bertz CT molecular complexity index is 1250. The van der Waals surface area contributed by atoms with Gasteiger partial charge < -0.3 is 15.0 Å². The Hall–Kier alpha value is -4.14. The molecule has 1 aromatic heterocycles. The fourth-order valence-electron chi connectivity index (χ4n) is 3.62. The lowest BCUT2D eigenvalue weighted by Gasteiger charge is -2.15. The highest BCUT2D eigenvalue weighted by atomic mass is 16.5. The number of guanidine groups is 1. The summed E-state index contributed by atoms with van der Waals surface area (Å²) >= 11 is 0. The van der Waals surface area contributed by atoms with Crippen molar-refractivity contribution in [1.82, 2.24) is 15.1 Å². The highest BCUT2D eigenvalue weighted by Gasteiger charge is 2.14. The largest absolute Gasteiger partial charge is 0.465 e. The van der Waals surface area contributed by atoms with Gasteiger partial charge in [0.25, 0.3) is 5.91 Å². The Balaban J connectivity index is 1.91. The first kappa shape index (κ1) is 25.5. The van der Waals surface area contributed by atoms with E-state index < -0.39 is 5.97 Å². The highest BCUT2D eigenvalue weighted by Crippen LogP contribution is 2.16. The van der Waals surface area contributed by atoms with Crippen molar-refractivity contribution in [3.8, 4) is 0 Å². The molecule has 0 unspecified atom stereocenters. The first-order valence-electron chi connectivity index (χ1n) is 11.3. The molecule has 2 N–H and O–H groups in total. The molecule has 1 heterocycles. The summed E-state index contributed by atoms with van der Waals surface area (Å²) in [5, 5.41) is 10.6. The number of carbonyl (C=O) groups excluding carboxylic acids is 2. The second-order valence-corrected chi connectivity index (χ2v) is 8.23. The van der Waals surface area contributed by atoms with E-state index in [2.05, 4.69) is 20.7 Å². The normalized spacial score (nSPS) is 11.2. The molecule has 2 aromatic carbocycles. The fraction of sp³-hybridized carbons (Fsp3) is 0.308. The summed E-state index contributed by atoms with van der Waals surface area (Å²) in [6.07, 6.45) is 0. The topological polar surface area (TPSA) is 101 Å².